The molecule has 156 valence electrons. The largest absolute Gasteiger partial charge is 0.496 e. The zero-order valence-corrected chi connectivity index (χ0v) is 18.0. The first-order valence-corrected chi connectivity index (χ1v) is 10.4. The molecule has 2 N–H and O–H groups in total. The van der Waals surface area contributed by atoms with Crippen molar-refractivity contribution in [3.63, 3.8) is 0 Å². The van der Waals surface area contributed by atoms with E-state index < -0.39 is 0 Å². The van der Waals surface area contributed by atoms with Crippen LogP contribution < -0.4 is 15.1 Å². The van der Waals surface area contributed by atoms with Gasteiger partial charge in [0.05, 0.1) is 37.2 Å². The fourth-order valence-electron chi connectivity index (χ4n) is 3.68. The van der Waals surface area contributed by atoms with Gasteiger partial charge in [-0.3, -0.25) is 10.4 Å². The maximum atomic E-state index is 6.08. The van der Waals surface area contributed by atoms with Gasteiger partial charge >= 0.3 is 0 Å². The predicted molar refractivity (Wildman–Crippen MR) is 121 cm³/mol. The van der Waals surface area contributed by atoms with Gasteiger partial charge in [0, 0.05) is 22.2 Å². The average Bonchev–Trinajstić information content (AvgIpc) is 2.77. The van der Waals surface area contributed by atoms with E-state index in [0.29, 0.717) is 5.02 Å². The molecule has 2 aromatic carbocycles. The van der Waals surface area contributed by atoms with Crippen molar-refractivity contribution in [2.45, 2.75) is 13.5 Å². The number of hydrogen-bond acceptors (Lipinski definition) is 5. The third-order valence-electron chi connectivity index (χ3n) is 5.39. The molecule has 2 heterocycles. The van der Waals surface area contributed by atoms with Gasteiger partial charge in [0.2, 0.25) is 0 Å². The molecule has 1 fully saturated rings. The number of morpholine rings is 1. The van der Waals surface area contributed by atoms with Gasteiger partial charge in [0.25, 0.3) is 0 Å². The summed E-state index contributed by atoms with van der Waals surface area (Å²) in [6.07, 6.45) is 1.75. The second-order valence-electron chi connectivity index (χ2n) is 7.39. The summed E-state index contributed by atoms with van der Waals surface area (Å²) in [5.41, 5.74) is 8.06. The van der Waals surface area contributed by atoms with E-state index in [1.807, 2.05) is 43.3 Å². The van der Waals surface area contributed by atoms with Gasteiger partial charge in [-0.1, -0.05) is 11.6 Å². The van der Waals surface area contributed by atoms with Crippen molar-refractivity contribution in [2.24, 2.45) is 5.10 Å². The van der Waals surface area contributed by atoms with Crippen LogP contribution in [0.15, 0.2) is 53.8 Å². The number of rotatable bonds is 6. The Morgan fingerprint density at radius 2 is 2.03 bits per heavy atom. The first-order chi connectivity index (χ1) is 14.6. The van der Waals surface area contributed by atoms with Gasteiger partial charge < -0.3 is 14.4 Å². The lowest BCUT2D eigenvalue weighted by Gasteiger charge is -2.24. The minimum Gasteiger partial charge on any atom is -0.496 e. The fraction of sp³-hybridized carbons (Fsp3) is 0.304. The average molecular weight is 426 g/mol. The number of hydrogen-bond donors (Lipinski definition) is 2. The van der Waals surface area contributed by atoms with Gasteiger partial charge in [0.1, 0.15) is 25.4 Å². The van der Waals surface area contributed by atoms with E-state index in [9.17, 15) is 0 Å². The number of anilines is 1. The summed E-state index contributed by atoms with van der Waals surface area (Å²) in [6.45, 7) is 6.57. The molecular weight excluding hydrogens is 400 g/mol. The van der Waals surface area contributed by atoms with Crippen molar-refractivity contribution >= 4 is 33.9 Å². The molecule has 0 atom stereocenters. The standard InChI is InChI=1S/C23H25ClN4O2/c1-16(26-27-21-7-8-25-22-14-19(24)4-5-20(21)22)17-3-6-23(29-2)18(13-17)15-28-9-11-30-12-10-28/h3-8,13-14H,9-12,15H2,1-2H3,(H,25,27)/p+1/b26-16-. The molecule has 0 radical (unpaired) electrons. The first-order valence-electron chi connectivity index (χ1n) is 10.1. The summed E-state index contributed by atoms with van der Waals surface area (Å²) in [4.78, 5) is 5.88. The molecule has 6 nitrogen and oxygen atoms in total. The van der Waals surface area contributed by atoms with Gasteiger partial charge in [-0.15, -0.1) is 0 Å². The van der Waals surface area contributed by atoms with Crippen LogP contribution >= 0.6 is 11.6 Å². The number of hydrazone groups is 1. The van der Waals surface area contributed by atoms with E-state index in [1.165, 1.54) is 10.5 Å². The summed E-state index contributed by atoms with van der Waals surface area (Å²) >= 11 is 6.08. The van der Waals surface area contributed by atoms with E-state index in [1.54, 1.807) is 13.3 Å². The number of quaternary nitrogens is 1. The van der Waals surface area contributed by atoms with E-state index in [2.05, 4.69) is 21.6 Å². The maximum Gasteiger partial charge on any atom is 0.127 e. The third kappa shape index (κ3) is 4.73. The molecule has 0 amide bonds. The summed E-state index contributed by atoms with van der Waals surface area (Å²) in [5, 5.41) is 6.26. The van der Waals surface area contributed by atoms with Gasteiger partial charge in [-0.2, -0.15) is 5.10 Å². The number of fused-ring (bicyclic) bond motifs is 1. The monoisotopic (exact) mass is 425 g/mol. The number of nitrogens with zero attached hydrogens (tertiary/aromatic N) is 2. The highest BCUT2D eigenvalue weighted by Gasteiger charge is 2.17. The lowest BCUT2D eigenvalue weighted by atomic mass is 10.1. The fourth-order valence-corrected chi connectivity index (χ4v) is 3.84. The highest BCUT2D eigenvalue weighted by atomic mass is 35.5. The minimum absolute atomic E-state index is 0.667. The van der Waals surface area contributed by atoms with Gasteiger partial charge in [0.15, 0.2) is 0 Å². The smallest absolute Gasteiger partial charge is 0.127 e. The van der Waals surface area contributed by atoms with Crippen LogP contribution in [0.2, 0.25) is 5.02 Å². The highest BCUT2D eigenvalue weighted by Crippen LogP contribution is 2.25. The second kappa shape index (κ2) is 9.43. The van der Waals surface area contributed by atoms with Crippen LogP contribution in [-0.4, -0.2) is 44.1 Å². The van der Waals surface area contributed by atoms with Crippen LogP contribution in [0.5, 0.6) is 5.75 Å². The van der Waals surface area contributed by atoms with E-state index in [4.69, 9.17) is 21.1 Å². The highest BCUT2D eigenvalue weighted by molar-refractivity contribution is 6.31. The van der Waals surface area contributed by atoms with Gasteiger partial charge in [-0.05, 0) is 55.0 Å². The van der Waals surface area contributed by atoms with Crippen molar-refractivity contribution in [3.05, 3.63) is 64.8 Å². The summed E-state index contributed by atoms with van der Waals surface area (Å²) in [7, 11) is 1.72. The van der Waals surface area contributed by atoms with E-state index in [0.717, 1.165) is 66.5 Å². The molecule has 0 saturated carbocycles. The Kier molecular flexibility index (Phi) is 6.47. The van der Waals surface area contributed by atoms with Crippen molar-refractivity contribution in [3.8, 4) is 5.75 Å². The van der Waals surface area contributed by atoms with Crippen molar-refractivity contribution < 1.29 is 14.4 Å². The molecule has 1 aromatic heterocycles. The van der Waals surface area contributed by atoms with Crippen LogP contribution in [-0.2, 0) is 11.3 Å². The molecule has 0 unspecified atom stereocenters. The van der Waals surface area contributed by atoms with Crippen molar-refractivity contribution in [2.75, 3.05) is 38.8 Å². The first kappa shape index (κ1) is 20.6. The molecule has 0 spiro atoms. The SMILES string of the molecule is COc1ccc(/C(C)=N\Nc2ccnc3cc(Cl)ccc23)cc1C[NH+]1CCOCC1. The summed E-state index contributed by atoms with van der Waals surface area (Å²) in [6, 6.07) is 13.8. The molecular formula is C23H26ClN4O2+. The van der Waals surface area contributed by atoms with Crippen molar-refractivity contribution in [1.82, 2.24) is 4.98 Å². The number of nitrogens with one attached hydrogen (secondary N) is 2. The summed E-state index contributed by atoms with van der Waals surface area (Å²) in [5.74, 6) is 0.913. The van der Waals surface area contributed by atoms with Crippen LogP contribution in [0.3, 0.4) is 0 Å². The van der Waals surface area contributed by atoms with Crippen LogP contribution in [0, 0.1) is 0 Å². The van der Waals surface area contributed by atoms with Crippen LogP contribution in [0.4, 0.5) is 5.69 Å². The Hall–Kier alpha value is -2.67. The Bertz CT molecular complexity index is 1060. The predicted octanol–water partition coefficient (Wildman–Crippen LogP) is 3.15. The Balaban J connectivity index is 1.56. The Morgan fingerprint density at radius 1 is 1.20 bits per heavy atom. The molecule has 7 heteroatoms. The molecule has 1 aliphatic rings. The van der Waals surface area contributed by atoms with Gasteiger partial charge in [-0.25, -0.2) is 0 Å². The number of aromatic nitrogens is 1. The zero-order valence-electron chi connectivity index (χ0n) is 17.2. The lowest BCUT2D eigenvalue weighted by Crippen LogP contribution is -3.12. The maximum absolute atomic E-state index is 6.08. The molecule has 1 aliphatic heterocycles. The number of benzene rings is 2. The van der Waals surface area contributed by atoms with Crippen LogP contribution in [0.25, 0.3) is 10.9 Å². The molecule has 3 aromatic rings. The minimum atomic E-state index is 0.667. The normalized spacial score (nSPS) is 15.4. The topological polar surface area (TPSA) is 60.2 Å². The van der Waals surface area contributed by atoms with E-state index >= 15 is 0 Å². The zero-order chi connectivity index (χ0) is 20.9. The lowest BCUT2D eigenvalue weighted by molar-refractivity contribution is -0.921. The molecule has 0 bridgehead atoms. The Morgan fingerprint density at radius 3 is 2.83 bits per heavy atom. The second-order valence-corrected chi connectivity index (χ2v) is 7.83. The Labute approximate surface area is 181 Å². The molecule has 30 heavy (non-hydrogen) atoms. The quantitative estimate of drug-likeness (QED) is 0.470. The molecule has 0 aliphatic carbocycles. The molecule has 4 rings (SSSR count). The van der Waals surface area contributed by atoms with Crippen LogP contribution in [0.1, 0.15) is 18.1 Å². The number of pyridine rings is 1. The number of methoxy groups -OCH3 is 1. The van der Waals surface area contributed by atoms with E-state index in [-0.39, 0.29) is 0 Å². The number of ether oxygens (including phenoxy) is 2. The third-order valence-corrected chi connectivity index (χ3v) is 5.62. The molecule has 1 saturated heterocycles. The van der Waals surface area contributed by atoms with Crippen molar-refractivity contribution in [1.29, 1.82) is 0 Å². The summed E-state index contributed by atoms with van der Waals surface area (Å²) < 4.78 is 11.1. The number of halogens is 1.